The molecule has 0 radical (unpaired) electrons. The number of carbonyl (C=O) groups excluding carboxylic acids is 3. The lowest BCUT2D eigenvalue weighted by molar-refractivity contribution is -0.162. The topological polar surface area (TPSA) is 107 Å². The highest BCUT2D eigenvalue weighted by atomic mass is 16.6. The summed E-state index contributed by atoms with van der Waals surface area (Å²) in [6.45, 7) is 4.97. The number of ketones is 1. The van der Waals surface area contributed by atoms with Gasteiger partial charge < -0.3 is 14.6 Å². The second-order valence-electron chi connectivity index (χ2n) is 6.12. The first kappa shape index (κ1) is 22.3. The van der Waals surface area contributed by atoms with E-state index in [0.717, 1.165) is 11.1 Å². The molecule has 0 heterocycles. The predicted octanol–water partition coefficient (Wildman–Crippen LogP) is 2.19. The first-order valence-electron chi connectivity index (χ1n) is 8.94. The zero-order valence-corrected chi connectivity index (χ0v) is 15.9. The molecule has 0 spiro atoms. The number of Topliss-reactive ketones (excluding diaryl/α,β-unsaturated/α-hetero) is 1. The zero-order chi connectivity index (χ0) is 20.4. The Morgan fingerprint density at radius 1 is 0.889 bits per heavy atom. The van der Waals surface area contributed by atoms with E-state index in [1.807, 2.05) is 0 Å². The molecule has 0 saturated heterocycles. The van der Waals surface area contributed by atoms with Gasteiger partial charge in [-0.2, -0.15) is 0 Å². The summed E-state index contributed by atoms with van der Waals surface area (Å²) in [5, 5.41) is 9.09. The van der Waals surface area contributed by atoms with Crippen molar-refractivity contribution in [2.45, 2.75) is 40.0 Å². The molecule has 0 fully saturated rings. The van der Waals surface area contributed by atoms with E-state index in [0.29, 0.717) is 6.42 Å². The van der Waals surface area contributed by atoms with Crippen LogP contribution in [-0.4, -0.2) is 42.0 Å². The van der Waals surface area contributed by atoms with Crippen LogP contribution in [0.15, 0.2) is 24.3 Å². The monoisotopic (exact) mass is 378 g/mol. The summed E-state index contributed by atoms with van der Waals surface area (Å²) < 4.78 is 9.88. The minimum Gasteiger partial charge on any atom is -0.481 e. The number of carboxylic acid groups (broad SMARTS) is 1. The maximum atomic E-state index is 12.0. The summed E-state index contributed by atoms with van der Waals surface area (Å²) >= 11 is 0. The van der Waals surface area contributed by atoms with Crippen LogP contribution >= 0.6 is 0 Å². The fraction of sp³-hybridized carbons (Fsp3) is 0.500. The van der Waals surface area contributed by atoms with Crippen LogP contribution in [-0.2, 0) is 41.5 Å². The van der Waals surface area contributed by atoms with Crippen molar-refractivity contribution >= 4 is 23.7 Å². The lowest BCUT2D eigenvalue weighted by Gasteiger charge is -2.14. The van der Waals surface area contributed by atoms with Gasteiger partial charge >= 0.3 is 17.9 Å². The molecular formula is C20H26O7. The molecule has 0 aliphatic carbocycles. The van der Waals surface area contributed by atoms with Crippen molar-refractivity contribution in [1.29, 1.82) is 0 Å². The Balaban J connectivity index is 2.75. The Morgan fingerprint density at radius 3 is 1.78 bits per heavy atom. The van der Waals surface area contributed by atoms with Crippen molar-refractivity contribution in [1.82, 2.24) is 0 Å². The number of rotatable bonds is 11. The van der Waals surface area contributed by atoms with Crippen molar-refractivity contribution in [2.75, 3.05) is 13.2 Å². The third-order valence-corrected chi connectivity index (χ3v) is 4.12. The number of carboxylic acids is 1. The van der Waals surface area contributed by atoms with E-state index >= 15 is 0 Å². The van der Waals surface area contributed by atoms with E-state index in [4.69, 9.17) is 14.6 Å². The highest BCUT2D eigenvalue weighted by Crippen LogP contribution is 2.16. The van der Waals surface area contributed by atoms with Crippen LogP contribution in [0.2, 0.25) is 0 Å². The molecule has 1 aromatic carbocycles. The van der Waals surface area contributed by atoms with Crippen LogP contribution in [0.1, 0.15) is 38.3 Å². The number of esters is 2. The molecular weight excluding hydrogens is 352 g/mol. The van der Waals surface area contributed by atoms with Crippen molar-refractivity contribution in [3.8, 4) is 0 Å². The number of aryl methyl sites for hydroxylation is 1. The average molecular weight is 378 g/mol. The lowest BCUT2D eigenvalue weighted by Crippen LogP contribution is -2.28. The number of hydrogen-bond acceptors (Lipinski definition) is 6. The fourth-order valence-corrected chi connectivity index (χ4v) is 2.61. The van der Waals surface area contributed by atoms with Crippen LogP contribution < -0.4 is 0 Å². The third kappa shape index (κ3) is 7.21. The van der Waals surface area contributed by atoms with Gasteiger partial charge in [-0.05, 0) is 51.2 Å². The van der Waals surface area contributed by atoms with Crippen LogP contribution in [0, 0.1) is 11.8 Å². The molecule has 1 rings (SSSR count). The molecule has 7 heteroatoms. The SMILES string of the molecule is CCOC(=O)C(CCc1ccc(CC(C(C)=O)C(=O)O)cc1)C(=O)OCC. The van der Waals surface area contributed by atoms with E-state index in [-0.39, 0.29) is 26.1 Å². The van der Waals surface area contributed by atoms with Gasteiger partial charge in [-0.3, -0.25) is 19.2 Å². The summed E-state index contributed by atoms with van der Waals surface area (Å²) in [7, 11) is 0. The standard InChI is InChI=1S/C20H26O7/c1-4-26-19(24)16(20(25)27-5-2)11-10-14-6-8-15(9-7-14)12-17(13(3)21)18(22)23/h6-9,16-17H,4-5,10-12H2,1-3H3,(H,22,23). The smallest absolute Gasteiger partial charge is 0.320 e. The number of carbonyl (C=O) groups is 4. The highest BCUT2D eigenvalue weighted by molar-refractivity contribution is 5.97. The molecule has 27 heavy (non-hydrogen) atoms. The van der Waals surface area contributed by atoms with E-state index < -0.39 is 35.5 Å². The molecule has 0 bridgehead atoms. The van der Waals surface area contributed by atoms with Crippen molar-refractivity contribution < 1.29 is 33.8 Å². The molecule has 1 unspecified atom stereocenters. The number of aliphatic carboxylic acids is 1. The van der Waals surface area contributed by atoms with Gasteiger partial charge in [0, 0.05) is 0 Å². The van der Waals surface area contributed by atoms with Gasteiger partial charge in [-0.1, -0.05) is 24.3 Å². The third-order valence-electron chi connectivity index (χ3n) is 4.12. The largest absolute Gasteiger partial charge is 0.481 e. The average Bonchev–Trinajstić information content (AvgIpc) is 2.61. The minimum absolute atomic E-state index is 0.124. The Labute approximate surface area is 158 Å². The lowest BCUT2D eigenvalue weighted by atomic mass is 9.94. The second kappa shape index (κ2) is 11.1. The molecule has 1 N–H and O–H groups in total. The molecule has 0 saturated carbocycles. The van der Waals surface area contributed by atoms with Gasteiger partial charge in [-0.25, -0.2) is 0 Å². The summed E-state index contributed by atoms with van der Waals surface area (Å²) in [5.41, 5.74) is 1.61. The maximum Gasteiger partial charge on any atom is 0.320 e. The van der Waals surface area contributed by atoms with Crippen LogP contribution in [0.3, 0.4) is 0 Å². The Morgan fingerprint density at radius 2 is 1.37 bits per heavy atom. The highest BCUT2D eigenvalue weighted by Gasteiger charge is 2.29. The molecule has 0 amide bonds. The predicted molar refractivity (Wildman–Crippen MR) is 97.0 cm³/mol. The quantitative estimate of drug-likeness (QED) is 0.464. The molecule has 0 aromatic heterocycles. The first-order valence-corrected chi connectivity index (χ1v) is 8.94. The minimum atomic E-state index is -1.14. The number of hydrogen-bond donors (Lipinski definition) is 1. The molecule has 1 aromatic rings. The zero-order valence-electron chi connectivity index (χ0n) is 15.9. The summed E-state index contributed by atoms with van der Waals surface area (Å²) in [4.78, 5) is 46.5. The normalized spacial score (nSPS) is 11.7. The van der Waals surface area contributed by atoms with Gasteiger partial charge in [0.25, 0.3) is 0 Å². The number of benzene rings is 1. The van der Waals surface area contributed by atoms with E-state index in [9.17, 15) is 19.2 Å². The molecule has 0 aliphatic rings. The summed E-state index contributed by atoms with van der Waals surface area (Å²) in [6, 6.07) is 7.08. The van der Waals surface area contributed by atoms with Crippen LogP contribution in [0.25, 0.3) is 0 Å². The Hall–Kier alpha value is -2.70. The van der Waals surface area contributed by atoms with Crippen LogP contribution in [0.5, 0.6) is 0 Å². The molecule has 7 nitrogen and oxygen atoms in total. The molecule has 148 valence electrons. The van der Waals surface area contributed by atoms with E-state index in [1.54, 1.807) is 38.1 Å². The molecule has 1 atom stereocenters. The second-order valence-corrected chi connectivity index (χ2v) is 6.12. The van der Waals surface area contributed by atoms with Crippen molar-refractivity contribution in [2.24, 2.45) is 11.8 Å². The van der Waals surface area contributed by atoms with Gasteiger partial charge in [0.15, 0.2) is 5.92 Å². The van der Waals surface area contributed by atoms with Gasteiger partial charge in [-0.15, -0.1) is 0 Å². The van der Waals surface area contributed by atoms with Crippen molar-refractivity contribution in [3.63, 3.8) is 0 Å². The van der Waals surface area contributed by atoms with Crippen molar-refractivity contribution in [3.05, 3.63) is 35.4 Å². The summed E-state index contributed by atoms with van der Waals surface area (Å²) in [5.74, 6) is -4.76. The van der Waals surface area contributed by atoms with Gasteiger partial charge in [0.05, 0.1) is 13.2 Å². The fourth-order valence-electron chi connectivity index (χ4n) is 2.61. The van der Waals surface area contributed by atoms with E-state index in [2.05, 4.69) is 0 Å². The molecule has 0 aliphatic heterocycles. The maximum absolute atomic E-state index is 12.0. The number of ether oxygens (including phenoxy) is 2. The van der Waals surface area contributed by atoms with Gasteiger partial charge in [0.2, 0.25) is 0 Å². The summed E-state index contributed by atoms with van der Waals surface area (Å²) in [6.07, 6.45) is 0.832. The Bertz CT molecular complexity index is 631. The van der Waals surface area contributed by atoms with Gasteiger partial charge in [0.1, 0.15) is 11.7 Å². The van der Waals surface area contributed by atoms with Crippen LogP contribution in [0.4, 0.5) is 0 Å². The first-order chi connectivity index (χ1) is 12.8. The van der Waals surface area contributed by atoms with E-state index in [1.165, 1.54) is 6.92 Å². The Kier molecular flexibility index (Phi) is 9.19.